The van der Waals surface area contributed by atoms with Gasteiger partial charge in [-0.15, -0.1) is 0 Å². The summed E-state index contributed by atoms with van der Waals surface area (Å²) in [5.41, 5.74) is 0. The fraction of sp³-hybridized carbons (Fsp3) is 1.00. The molecular weight excluding hydrogens is 371 g/mol. The molecule has 27 heavy (non-hydrogen) atoms. The Hall–Kier alpha value is 0.870. The van der Waals surface area contributed by atoms with E-state index >= 15 is 0 Å². The Kier molecular flexibility index (Phi) is 22.4. The van der Waals surface area contributed by atoms with E-state index in [4.69, 9.17) is 0 Å². The molecule has 0 bridgehead atoms. The van der Waals surface area contributed by atoms with Crippen LogP contribution < -0.4 is 29.6 Å². The molecule has 0 rings (SSSR count). The van der Waals surface area contributed by atoms with E-state index in [1.54, 1.807) is 0 Å². The molecule has 0 aromatic heterocycles. The largest absolute Gasteiger partial charge is 1.00 e. The van der Waals surface area contributed by atoms with E-state index in [-0.39, 0.29) is 35.7 Å². The number of unbranched alkanes of at least 4 members (excludes halogenated alkanes) is 11. The van der Waals surface area contributed by atoms with Gasteiger partial charge in [-0.25, -0.2) is 8.42 Å². The van der Waals surface area contributed by atoms with Gasteiger partial charge in [0.15, 0.2) is 0 Å². The van der Waals surface area contributed by atoms with Gasteiger partial charge < -0.3 is 9.66 Å². The van der Waals surface area contributed by atoms with Gasteiger partial charge in [-0.3, -0.25) is 0 Å². The second-order valence-electron chi connectivity index (χ2n) is 7.79. The third-order valence-electron chi connectivity index (χ3n) is 5.32. The Morgan fingerprint density at radius 3 is 1.44 bits per heavy atom. The molecule has 158 valence electrons. The molecule has 6 heteroatoms. The Morgan fingerprint density at radius 1 is 0.704 bits per heavy atom. The molecule has 2 unspecified atom stereocenters. The molecule has 0 aliphatic rings. The van der Waals surface area contributed by atoms with Crippen LogP contribution in [-0.4, -0.2) is 29.4 Å². The first kappa shape index (κ1) is 30.1. The van der Waals surface area contributed by atoms with Crippen molar-refractivity contribution in [3.8, 4) is 0 Å². The van der Waals surface area contributed by atoms with E-state index in [0.29, 0.717) is 12.8 Å². The van der Waals surface area contributed by atoms with Crippen molar-refractivity contribution in [3.63, 3.8) is 0 Å². The maximum Gasteiger partial charge on any atom is 1.00 e. The van der Waals surface area contributed by atoms with Crippen molar-refractivity contribution in [1.82, 2.24) is 0 Å². The molecule has 0 aromatic carbocycles. The second kappa shape index (κ2) is 20.2. The van der Waals surface area contributed by atoms with E-state index in [9.17, 15) is 18.1 Å². The summed E-state index contributed by atoms with van der Waals surface area (Å²) in [5.74, 6) is 0. The summed E-state index contributed by atoms with van der Waals surface area (Å²) in [6.45, 7) is 4.14. The zero-order valence-corrected chi connectivity index (χ0v) is 21.1. The van der Waals surface area contributed by atoms with Gasteiger partial charge in [0.25, 0.3) is 0 Å². The Morgan fingerprint density at radius 2 is 1.07 bits per heavy atom. The van der Waals surface area contributed by atoms with Crippen molar-refractivity contribution in [2.75, 3.05) is 0 Å². The topological polar surface area (TPSA) is 77.4 Å². The fourth-order valence-electron chi connectivity index (χ4n) is 3.43. The van der Waals surface area contributed by atoms with Crippen LogP contribution in [-0.2, 0) is 10.1 Å². The number of hydrogen-bond acceptors (Lipinski definition) is 4. The fourth-order valence-corrected chi connectivity index (χ4v) is 4.34. The summed E-state index contributed by atoms with van der Waals surface area (Å²) >= 11 is 0. The van der Waals surface area contributed by atoms with Crippen molar-refractivity contribution < 1.29 is 47.6 Å². The maximum absolute atomic E-state index is 11.4. The van der Waals surface area contributed by atoms with Crippen LogP contribution in [0, 0.1) is 0 Å². The minimum Gasteiger partial charge on any atom is -0.748 e. The predicted molar refractivity (Wildman–Crippen MR) is 109 cm³/mol. The smallest absolute Gasteiger partial charge is 0.748 e. The normalized spacial score (nSPS) is 13.9. The van der Waals surface area contributed by atoms with Crippen LogP contribution in [0.25, 0.3) is 0 Å². The van der Waals surface area contributed by atoms with Crippen LogP contribution in [0.2, 0.25) is 0 Å². The molecule has 2 atom stereocenters. The van der Waals surface area contributed by atoms with Crippen molar-refractivity contribution in [1.29, 1.82) is 0 Å². The molecule has 0 saturated heterocycles. The Labute approximate surface area is 191 Å². The summed E-state index contributed by atoms with van der Waals surface area (Å²) in [6, 6.07) is 0. The van der Waals surface area contributed by atoms with Crippen LogP contribution in [0.4, 0.5) is 0 Å². The first-order chi connectivity index (χ1) is 12.4. The van der Waals surface area contributed by atoms with Gasteiger partial charge in [-0.1, -0.05) is 97.3 Å². The Bertz CT molecular complexity index is 401. The third-order valence-corrected chi connectivity index (χ3v) is 6.61. The molecule has 0 fully saturated rings. The monoisotopic (exact) mass is 414 g/mol. The van der Waals surface area contributed by atoms with E-state index in [0.717, 1.165) is 64.2 Å². The summed E-state index contributed by atoms with van der Waals surface area (Å²) < 4.78 is 34.1. The first-order valence-electron chi connectivity index (χ1n) is 11.0. The molecule has 0 aliphatic heterocycles. The van der Waals surface area contributed by atoms with Crippen molar-refractivity contribution >= 4 is 10.1 Å². The quantitative estimate of drug-likeness (QED) is 0.200. The Balaban J connectivity index is 0. The maximum atomic E-state index is 11.4. The van der Waals surface area contributed by atoms with Crippen molar-refractivity contribution in [2.24, 2.45) is 0 Å². The molecule has 0 aromatic rings. The molecule has 0 heterocycles. The van der Waals surface area contributed by atoms with Gasteiger partial charge in [-0.2, -0.15) is 0 Å². The molecule has 0 radical (unpaired) electrons. The van der Waals surface area contributed by atoms with E-state index in [1.165, 1.54) is 32.1 Å². The minimum absolute atomic E-state index is 0. The molecule has 0 spiro atoms. The van der Waals surface area contributed by atoms with Gasteiger partial charge in [0.1, 0.15) is 0 Å². The third kappa shape index (κ3) is 19.9. The first-order valence-corrected chi connectivity index (χ1v) is 12.5. The van der Waals surface area contributed by atoms with Gasteiger partial charge >= 0.3 is 29.6 Å². The predicted octanol–water partition coefficient (Wildman–Crippen LogP) is 2.94. The molecule has 0 amide bonds. The zero-order chi connectivity index (χ0) is 19.7. The van der Waals surface area contributed by atoms with Crippen LogP contribution in [0.3, 0.4) is 0 Å². The van der Waals surface area contributed by atoms with E-state index in [2.05, 4.69) is 6.92 Å². The molecule has 0 saturated carbocycles. The minimum atomic E-state index is -4.14. The van der Waals surface area contributed by atoms with Gasteiger partial charge in [0.2, 0.25) is 0 Å². The van der Waals surface area contributed by atoms with Crippen LogP contribution in [0.1, 0.15) is 123 Å². The second-order valence-corrected chi connectivity index (χ2v) is 9.44. The summed E-state index contributed by atoms with van der Waals surface area (Å²) in [5, 5.41) is 8.82. The van der Waals surface area contributed by atoms with Gasteiger partial charge in [0.05, 0.1) is 16.2 Å². The average Bonchev–Trinajstić information content (AvgIpc) is 2.59. The number of hydrogen-bond donors (Lipinski definition) is 1. The van der Waals surface area contributed by atoms with Crippen LogP contribution >= 0.6 is 0 Å². The zero-order valence-electron chi connectivity index (χ0n) is 18.3. The average molecular weight is 415 g/mol. The molecule has 0 aliphatic carbocycles. The van der Waals surface area contributed by atoms with Crippen LogP contribution in [0.5, 0.6) is 0 Å². The number of aliphatic hydroxyl groups excluding tert-OH is 1. The van der Waals surface area contributed by atoms with E-state index < -0.39 is 15.4 Å². The standard InChI is InChI=1S/C21H44O4S.Na/c1-3-5-6-15-18-21(26(23,24)25)19-16-13-11-9-7-8-10-12-14-17-20(22)4-2;/h20-22H,3-19H2,1-2H3,(H,23,24,25);/q;+1/p-1. The number of rotatable bonds is 19. The summed E-state index contributed by atoms with van der Waals surface area (Å²) in [7, 11) is -4.14. The SMILES string of the molecule is CCCCCCC(CCCCCCCCCCCC(O)CC)S(=O)(=O)[O-].[Na+]. The van der Waals surface area contributed by atoms with Gasteiger partial charge in [-0.05, 0) is 25.7 Å². The summed E-state index contributed by atoms with van der Waals surface area (Å²) in [6.07, 6.45) is 17.1. The van der Waals surface area contributed by atoms with Gasteiger partial charge in [0, 0.05) is 5.25 Å². The van der Waals surface area contributed by atoms with Crippen molar-refractivity contribution in [3.05, 3.63) is 0 Å². The van der Waals surface area contributed by atoms with Crippen molar-refractivity contribution in [2.45, 2.75) is 134 Å². The molecular formula is C21H43NaO4S. The molecule has 4 nitrogen and oxygen atoms in total. The molecule has 1 N–H and O–H groups in total. The van der Waals surface area contributed by atoms with Crippen LogP contribution in [0.15, 0.2) is 0 Å². The van der Waals surface area contributed by atoms with E-state index in [1.807, 2.05) is 6.92 Å². The summed E-state index contributed by atoms with van der Waals surface area (Å²) in [4.78, 5) is 0. The number of aliphatic hydroxyl groups is 1.